The van der Waals surface area contributed by atoms with Gasteiger partial charge in [0.25, 0.3) is 11.8 Å². The summed E-state index contributed by atoms with van der Waals surface area (Å²) in [5, 5.41) is 0.556. The lowest BCUT2D eigenvalue weighted by molar-refractivity contribution is -0.173. The molecule has 0 spiro atoms. The van der Waals surface area contributed by atoms with Gasteiger partial charge >= 0.3 is 6.09 Å². The van der Waals surface area contributed by atoms with E-state index in [4.69, 9.17) is 4.84 Å². The highest BCUT2D eigenvalue weighted by atomic mass is 16.7. The molecule has 0 N–H and O–H groups in total. The second kappa shape index (κ2) is 4.77. The van der Waals surface area contributed by atoms with Crippen LogP contribution < -0.4 is 0 Å². The van der Waals surface area contributed by atoms with Crippen LogP contribution in [-0.2, 0) is 14.4 Å². The van der Waals surface area contributed by atoms with Gasteiger partial charge in [-0.3, -0.25) is 9.59 Å². The van der Waals surface area contributed by atoms with Gasteiger partial charge in [0, 0.05) is 25.9 Å². The number of carbonyl (C=O) groups is 3. The molecule has 6 nitrogen and oxygen atoms in total. The Morgan fingerprint density at radius 1 is 1.27 bits per heavy atom. The summed E-state index contributed by atoms with van der Waals surface area (Å²) in [5.74, 6) is -0.916. The molecule has 0 aliphatic carbocycles. The summed E-state index contributed by atoms with van der Waals surface area (Å²) < 4.78 is 0. The normalized spacial score (nSPS) is 15.7. The van der Waals surface area contributed by atoms with Crippen LogP contribution in [0.5, 0.6) is 0 Å². The number of carbonyl (C=O) groups excluding carboxylic acids is 3. The first kappa shape index (κ1) is 11.5. The molecule has 15 heavy (non-hydrogen) atoms. The third-order valence-electron chi connectivity index (χ3n) is 2.20. The van der Waals surface area contributed by atoms with Crippen LogP contribution in [0.15, 0.2) is 0 Å². The summed E-state index contributed by atoms with van der Waals surface area (Å²) in [6.45, 7) is 4.54. The van der Waals surface area contributed by atoms with Crippen molar-refractivity contribution in [1.29, 1.82) is 0 Å². The molecule has 84 valence electrons. The molecule has 1 heterocycles. The Bertz CT molecular complexity index is 270. The van der Waals surface area contributed by atoms with Crippen molar-refractivity contribution >= 4 is 17.9 Å². The van der Waals surface area contributed by atoms with E-state index < -0.39 is 17.9 Å². The Morgan fingerprint density at radius 3 is 2.13 bits per heavy atom. The Kier molecular flexibility index (Phi) is 3.65. The van der Waals surface area contributed by atoms with Crippen LogP contribution in [0.1, 0.15) is 26.7 Å². The number of imide groups is 1. The fourth-order valence-corrected chi connectivity index (χ4v) is 1.28. The van der Waals surface area contributed by atoms with Gasteiger partial charge in [-0.1, -0.05) is 0 Å². The van der Waals surface area contributed by atoms with Crippen molar-refractivity contribution in [2.75, 3.05) is 13.1 Å². The lowest BCUT2D eigenvalue weighted by atomic mass is 10.4. The number of hydrogen-bond donors (Lipinski definition) is 0. The largest absolute Gasteiger partial charge is 0.434 e. The Morgan fingerprint density at radius 2 is 1.73 bits per heavy atom. The van der Waals surface area contributed by atoms with Crippen molar-refractivity contribution in [3.8, 4) is 0 Å². The molecule has 3 amide bonds. The molecule has 0 atom stereocenters. The van der Waals surface area contributed by atoms with Crippen molar-refractivity contribution in [1.82, 2.24) is 9.96 Å². The SMILES string of the molecule is CCN(CC)C(=O)ON1C(=O)CCC1=O. The van der Waals surface area contributed by atoms with E-state index in [1.807, 2.05) is 0 Å². The molecular weight excluding hydrogens is 200 g/mol. The summed E-state index contributed by atoms with van der Waals surface area (Å²) in [6, 6.07) is 0. The lowest BCUT2D eigenvalue weighted by Gasteiger charge is -2.20. The second-order valence-electron chi connectivity index (χ2n) is 3.11. The molecule has 0 aromatic carbocycles. The highest BCUT2D eigenvalue weighted by Crippen LogP contribution is 2.12. The van der Waals surface area contributed by atoms with E-state index >= 15 is 0 Å². The van der Waals surface area contributed by atoms with Crippen molar-refractivity contribution in [2.24, 2.45) is 0 Å². The molecule has 0 aromatic rings. The van der Waals surface area contributed by atoms with E-state index in [1.165, 1.54) is 4.90 Å². The van der Waals surface area contributed by atoms with E-state index in [2.05, 4.69) is 0 Å². The van der Waals surface area contributed by atoms with Crippen molar-refractivity contribution in [3.05, 3.63) is 0 Å². The zero-order valence-corrected chi connectivity index (χ0v) is 8.86. The first-order valence-corrected chi connectivity index (χ1v) is 4.92. The smallest absolute Gasteiger partial charge is 0.311 e. The number of amides is 3. The van der Waals surface area contributed by atoms with Crippen LogP contribution in [0.4, 0.5) is 4.79 Å². The average Bonchev–Trinajstić information content (AvgIpc) is 2.51. The predicted octanol–water partition coefficient (Wildman–Crippen LogP) is 0.529. The molecule has 6 heteroatoms. The number of nitrogens with zero attached hydrogens (tertiary/aromatic N) is 2. The van der Waals surface area contributed by atoms with E-state index in [0.29, 0.717) is 18.2 Å². The third-order valence-corrected chi connectivity index (χ3v) is 2.20. The summed E-state index contributed by atoms with van der Waals surface area (Å²) in [6.07, 6.45) is -0.432. The van der Waals surface area contributed by atoms with Crippen molar-refractivity contribution < 1.29 is 19.2 Å². The van der Waals surface area contributed by atoms with Gasteiger partial charge in [0.1, 0.15) is 0 Å². The lowest BCUT2D eigenvalue weighted by Crippen LogP contribution is -2.39. The van der Waals surface area contributed by atoms with E-state index in [1.54, 1.807) is 13.8 Å². The van der Waals surface area contributed by atoms with Crippen LogP contribution in [0.3, 0.4) is 0 Å². The molecule has 1 rings (SSSR count). The molecule has 0 bridgehead atoms. The van der Waals surface area contributed by atoms with Crippen LogP contribution in [0.25, 0.3) is 0 Å². The minimum absolute atomic E-state index is 0.115. The molecule has 0 unspecified atom stereocenters. The molecule has 1 fully saturated rings. The van der Waals surface area contributed by atoms with Crippen LogP contribution in [-0.4, -0.2) is 41.0 Å². The first-order chi connectivity index (χ1) is 7.10. The molecule has 1 aliphatic heterocycles. The monoisotopic (exact) mass is 214 g/mol. The summed E-state index contributed by atoms with van der Waals surface area (Å²) in [4.78, 5) is 39.8. The minimum Gasteiger partial charge on any atom is -0.311 e. The van der Waals surface area contributed by atoms with Gasteiger partial charge in [-0.15, -0.1) is 5.06 Å². The van der Waals surface area contributed by atoms with Crippen molar-refractivity contribution in [2.45, 2.75) is 26.7 Å². The molecular formula is C9H14N2O4. The zero-order chi connectivity index (χ0) is 11.4. The first-order valence-electron chi connectivity index (χ1n) is 4.92. The van der Waals surface area contributed by atoms with Gasteiger partial charge in [-0.25, -0.2) is 4.79 Å². The summed E-state index contributed by atoms with van der Waals surface area (Å²) >= 11 is 0. The van der Waals surface area contributed by atoms with Crippen LogP contribution in [0.2, 0.25) is 0 Å². The van der Waals surface area contributed by atoms with E-state index in [9.17, 15) is 14.4 Å². The third kappa shape index (κ3) is 2.45. The van der Waals surface area contributed by atoms with Crippen molar-refractivity contribution in [3.63, 3.8) is 0 Å². The highest BCUT2D eigenvalue weighted by Gasteiger charge is 2.33. The number of hydrogen-bond acceptors (Lipinski definition) is 4. The molecule has 1 saturated heterocycles. The van der Waals surface area contributed by atoms with E-state index in [0.717, 1.165) is 0 Å². The Labute approximate surface area is 87.7 Å². The Hall–Kier alpha value is -1.59. The summed E-state index contributed by atoms with van der Waals surface area (Å²) in [5.41, 5.74) is 0. The van der Waals surface area contributed by atoms with Gasteiger partial charge in [-0.05, 0) is 13.8 Å². The number of rotatable bonds is 3. The maximum Gasteiger partial charge on any atom is 0.434 e. The predicted molar refractivity (Wildman–Crippen MR) is 50.5 cm³/mol. The fourth-order valence-electron chi connectivity index (χ4n) is 1.28. The van der Waals surface area contributed by atoms with Gasteiger partial charge in [0.15, 0.2) is 0 Å². The quantitative estimate of drug-likeness (QED) is 0.643. The molecule has 0 radical (unpaired) electrons. The molecule has 0 aromatic heterocycles. The van der Waals surface area contributed by atoms with E-state index in [-0.39, 0.29) is 12.8 Å². The molecule has 1 aliphatic rings. The highest BCUT2D eigenvalue weighted by molar-refractivity contribution is 6.01. The standard InChI is InChI=1S/C9H14N2O4/c1-3-10(4-2)9(14)15-11-7(12)5-6-8(11)13/h3-6H2,1-2H3. The van der Waals surface area contributed by atoms with Gasteiger partial charge in [0.05, 0.1) is 0 Å². The molecule has 0 saturated carbocycles. The fraction of sp³-hybridized carbons (Fsp3) is 0.667. The topological polar surface area (TPSA) is 66.9 Å². The zero-order valence-electron chi connectivity index (χ0n) is 8.86. The average molecular weight is 214 g/mol. The summed E-state index contributed by atoms with van der Waals surface area (Å²) in [7, 11) is 0. The maximum absolute atomic E-state index is 11.4. The minimum atomic E-state index is -0.663. The van der Waals surface area contributed by atoms with Gasteiger partial charge in [-0.2, -0.15) is 0 Å². The number of hydroxylamine groups is 2. The van der Waals surface area contributed by atoms with Gasteiger partial charge < -0.3 is 9.74 Å². The Balaban J connectivity index is 2.57. The van der Waals surface area contributed by atoms with Crippen LogP contribution >= 0.6 is 0 Å². The van der Waals surface area contributed by atoms with Crippen LogP contribution in [0, 0.1) is 0 Å². The van der Waals surface area contributed by atoms with Gasteiger partial charge in [0.2, 0.25) is 0 Å². The maximum atomic E-state index is 11.4. The second-order valence-corrected chi connectivity index (χ2v) is 3.11.